The summed E-state index contributed by atoms with van der Waals surface area (Å²) in [5.74, 6) is 1.91. The zero-order chi connectivity index (χ0) is 29.7. The fourth-order valence-electron chi connectivity index (χ4n) is 6.20. The molecule has 3 heterocycles. The van der Waals surface area contributed by atoms with Crippen molar-refractivity contribution in [2.45, 2.75) is 0 Å². The topological polar surface area (TPSA) is 56.0 Å². The number of hydrogen-bond donors (Lipinski definition) is 0. The Balaban J connectivity index is 1.25. The number of pyridine rings is 1. The van der Waals surface area contributed by atoms with Gasteiger partial charge < -0.3 is 0 Å². The van der Waals surface area contributed by atoms with Gasteiger partial charge in [-0.1, -0.05) is 115 Å². The molecule has 0 aliphatic rings. The molecule has 5 heteroatoms. The van der Waals surface area contributed by atoms with Crippen molar-refractivity contribution in [2.24, 2.45) is 0 Å². The fraction of sp³-hybridized carbons (Fsp3) is 0. The summed E-state index contributed by atoms with van der Waals surface area (Å²) in [6, 6.07) is 52.2. The average Bonchev–Trinajstić information content (AvgIpc) is 3.51. The maximum Gasteiger partial charge on any atom is 0.164 e. The van der Waals surface area contributed by atoms with Gasteiger partial charge in [0.15, 0.2) is 17.5 Å². The molecular weight excluding hydrogens is 550 g/mol. The van der Waals surface area contributed by atoms with Crippen molar-refractivity contribution in [3.63, 3.8) is 0 Å². The molecule has 210 valence electrons. The number of nitrogens with zero attached hydrogens (tertiary/aromatic N) is 5. The molecule has 6 aromatic carbocycles. The molecule has 0 bridgehead atoms. The first-order chi connectivity index (χ1) is 22.3. The molecule has 3 aromatic heterocycles. The summed E-state index contributed by atoms with van der Waals surface area (Å²) in [6.07, 6.45) is 0. The second kappa shape index (κ2) is 10.2. The average molecular weight is 576 g/mol. The van der Waals surface area contributed by atoms with Crippen LogP contribution in [0.3, 0.4) is 0 Å². The molecule has 0 aliphatic heterocycles. The Morgan fingerprint density at radius 3 is 1.78 bits per heavy atom. The van der Waals surface area contributed by atoms with E-state index >= 15 is 0 Å². The van der Waals surface area contributed by atoms with Crippen LogP contribution in [0.4, 0.5) is 0 Å². The molecule has 0 saturated carbocycles. The second-order valence-electron chi connectivity index (χ2n) is 11.2. The van der Waals surface area contributed by atoms with E-state index in [1.165, 1.54) is 5.39 Å². The summed E-state index contributed by atoms with van der Waals surface area (Å²) in [4.78, 5) is 20.1. The molecule has 0 saturated heterocycles. The van der Waals surface area contributed by atoms with Gasteiger partial charge in [0.05, 0.1) is 16.6 Å². The molecule has 9 rings (SSSR count). The van der Waals surface area contributed by atoms with Gasteiger partial charge in [-0.15, -0.1) is 0 Å². The van der Waals surface area contributed by atoms with E-state index in [4.69, 9.17) is 19.9 Å². The first-order valence-corrected chi connectivity index (χ1v) is 15.0. The van der Waals surface area contributed by atoms with Gasteiger partial charge in [-0.2, -0.15) is 0 Å². The molecule has 9 aromatic rings. The highest BCUT2D eigenvalue weighted by atomic mass is 15.0. The van der Waals surface area contributed by atoms with Gasteiger partial charge >= 0.3 is 0 Å². The van der Waals surface area contributed by atoms with Crippen molar-refractivity contribution in [3.8, 4) is 45.3 Å². The number of hydrogen-bond acceptors (Lipinski definition) is 4. The number of para-hydroxylation sites is 3. The lowest BCUT2D eigenvalue weighted by Crippen LogP contribution is -2.00. The normalized spacial score (nSPS) is 11.6. The van der Waals surface area contributed by atoms with Gasteiger partial charge in [-0.05, 0) is 58.1 Å². The summed E-state index contributed by atoms with van der Waals surface area (Å²) in [5.41, 5.74) is 9.02. The van der Waals surface area contributed by atoms with Crippen molar-refractivity contribution in [2.75, 3.05) is 0 Å². The fourth-order valence-corrected chi connectivity index (χ4v) is 6.20. The second-order valence-corrected chi connectivity index (χ2v) is 11.2. The molecule has 0 amide bonds. The predicted octanol–water partition coefficient (Wildman–Crippen LogP) is 9.65. The van der Waals surface area contributed by atoms with Crippen LogP contribution in [0, 0.1) is 0 Å². The minimum absolute atomic E-state index is 0.624. The van der Waals surface area contributed by atoms with Crippen molar-refractivity contribution < 1.29 is 0 Å². The highest BCUT2D eigenvalue weighted by Gasteiger charge is 2.17. The van der Waals surface area contributed by atoms with Crippen LogP contribution in [0.15, 0.2) is 152 Å². The third-order valence-corrected chi connectivity index (χ3v) is 8.39. The maximum atomic E-state index is 5.10. The van der Waals surface area contributed by atoms with Crippen molar-refractivity contribution in [1.29, 1.82) is 0 Å². The quantitative estimate of drug-likeness (QED) is 0.210. The Bertz CT molecular complexity index is 2550. The van der Waals surface area contributed by atoms with Crippen LogP contribution in [0.2, 0.25) is 0 Å². The lowest BCUT2D eigenvalue weighted by atomic mass is 10.0. The zero-order valence-electron chi connectivity index (χ0n) is 24.2. The van der Waals surface area contributed by atoms with Gasteiger partial charge in [0.1, 0.15) is 5.65 Å². The standard InChI is InChI=1S/C40H25N5/c1-2-12-27(13-3-1)37-42-38(44-39(43-37)32-22-21-26-11-4-5-14-28(26)23-32)31-17-10-16-29(24-31)33-25-30-15-6-8-19-35(30)45-36-20-9-7-18-34(36)41-40(33)45/h1-25H. The third kappa shape index (κ3) is 4.33. The summed E-state index contributed by atoms with van der Waals surface area (Å²) in [7, 11) is 0. The Hall–Kier alpha value is -6.20. The number of aromatic nitrogens is 5. The van der Waals surface area contributed by atoms with Gasteiger partial charge in [-0.25, -0.2) is 19.9 Å². The SMILES string of the molecule is c1ccc(-c2nc(-c3cccc(-c4cc5ccccc5n5c4nc4ccccc45)c3)nc(-c3ccc4ccccc4c3)n2)cc1. The number of imidazole rings is 1. The Labute approximate surface area is 259 Å². The van der Waals surface area contributed by atoms with Gasteiger partial charge in [0.2, 0.25) is 0 Å². The molecule has 0 radical (unpaired) electrons. The lowest BCUT2D eigenvalue weighted by Gasteiger charge is -2.12. The van der Waals surface area contributed by atoms with E-state index < -0.39 is 0 Å². The number of rotatable bonds is 4. The molecule has 0 unspecified atom stereocenters. The Kier molecular flexibility index (Phi) is 5.74. The molecule has 45 heavy (non-hydrogen) atoms. The van der Waals surface area contributed by atoms with E-state index in [-0.39, 0.29) is 0 Å². The van der Waals surface area contributed by atoms with Crippen molar-refractivity contribution in [1.82, 2.24) is 24.3 Å². The summed E-state index contributed by atoms with van der Waals surface area (Å²) in [6.45, 7) is 0. The van der Waals surface area contributed by atoms with E-state index in [9.17, 15) is 0 Å². The first-order valence-electron chi connectivity index (χ1n) is 15.0. The zero-order valence-corrected chi connectivity index (χ0v) is 24.2. The van der Waals surface area contributed by atoms with Crippen LogP contribution in [0.1, 0.15) is 0 Å². The maximum absolute atomic E-state index is 5.10. The lowest BCUT2D eigenvalue weighted by molar-refractivity contribution is 1.07. The van der Waals surface area contributed by atoms with Crippen LogP contribution < -0.4 is 0 Å². The van der Waals surface area contributed by atoms with Crippen molar-refractivity contribution >= 4 is 38.4 Å². The molecule has 5 nitrogen and oxygen atoms in total. The summed E-state index contributed by atoms with van der Waals surface area (Å²) in [5, 5.41) is 3.48. The minimum atomic E-state index is 0.624. The predicted molar refractivity (Wildman–Crippen MR) is 183 cm³/mol. The third-order valence-electron chi connectivity index (χ3n) is 8.39. The van der Waals surface area contributed by atoms with E-state index in [1.807, 2.05) is 36.4 Å². The smallest absolute Gasteiger partial charge is 0.164 e. The molecular formula is C40H25N5. The largest absolute Gasteiger partial charge is 0.292 e. The molecule has 0 spiro atoms. The van der Waals surface area contributed by atoms with Crippen LogP contribution in [-0.2, 0) is 0 Å². The van der Waals surface area contributed by atoms with Crippen LogP contribution in [-0.4, -0.2) is 24.3 Å². The summed E-state index contributed by atoms with van der Waals surface area (Å²) < 4.78 is 2.26. The monoisotopic (exact) mass is 575 g/mol. The van der Waals surface area contributed by atoms with Crippen LogP contribution >= 0.6 is 0 Å². The van der Waals surface area contributed by atoms with Crippen LogP contribution in [0.5, 0.6) is 0 Å². The van der Waals surface area contributed by atoms with Crippen molar-refractivity contribution in [3.05, 3.63) is 152 Å². The minimum Gasteiger partial charge on any atom is -0.292 e. The molecule has 0 aliphatic carbocycles. The van der Waals surface area contributed by atoms with E-state index in [1.54, 1.807) is 0 Å². The Morgan fingerprint density at radius 2 is 0.956 bits per heavy atom. The molecule has 0 N–H and O–H groups in total. The van der Waals surface area contributed by atoms with Crippen LogP contribution in [0.25, 0.3) is 83.6 Å². The summed E-state index contributed by atoms with van der Waals surface area (Å²) >= 11 is 0. The molecule has 0 atom stereocenters. The van der Waals surface area contributed by atoms with Gasteiger partial charge in [-0.3, -0.25) is 4.40 Å². The first kappa shape index (κ1) is 25.3. The number of benzene rings is 6. The Morgan fingerprint density at radius 1 is 0.356 bits per heavy atom. The van der Waals surface area contributed by atoms with E-state index in [0.717, 1.165) is 60.8 Å². The van der Waals surface area contributed by atoms with Gasteiger partial charge in [0.25, 0.3) is 0 Å². The van der Waals surface area contributed by atoms with E-state index in [0.29, 0.717) is 17.5 Å². The van der Waals surface area contributed by atoms with E-state index in [2.05, 4.69) is 120 Å². The van der Waals surface area contributed by atoms with Gasteiger partial charge in [0, 0.05) is 22.3 Å². The number of fused-ring (bicyclic) bond motifs is 6. The highest BCUT2D eigenvalue weighted by Crippen LogP contribution is 2.34. The highest BCUT2D eigenvalue weighted by molar-refractivity contribution is 5.98. The molecule has 0 fully saturated rings.